The van der Waals surface area contributed by atoms with Gasteiger partial charge in [0.1, 0.15) is 0 Å². The van der Waals surface area contributed by atoms with Gasteiger partial charge < -0.3 is 16.3 Å². The second-order valence-corrected chi connectivity index (χ2v) is 5.05. The highest BCUT2D eigenvalue weighted by Gasteiger charge is 2.12. The molecule has 0 saturated carbocycles. The number of carboxylic acid groups (broad SMARTS) is 1. The number of thiocarbonyl (C=S) groups is 1. The summed E-state index contributed by atoms with van der Waals surface area (Å²) in [5, 5.41) is 8.88. The number of nitrogens with two attached hydrogens (primary N) is 1. The zero-order valence-electron chi connectivity index (χ0n) is 11.6. The number of nitrogen functional groups attached to an aromatic ring is 1. The Morgan fingerprint density at radius 3 is 2.38 bits per heavy atom. The molecule has 0 aliphatic carbocycles. The lowest BCUT2D eigenvalue weighted by Crippen LogP contribution is -2.09. The van der Waals surface area contributed by atoms with Crippen molar-refractivity contribution < 1.29 is 15.4 Å². The maximum Gasteiger partial charge on any atom is 0.307 e. The molecule has 2 aromatic carbocycles. The summed E-state index contributed by atoms with van der Waals surface area (Å²) in [7, 11) is 0. The predicted octanol–water partition coefficient (Wildman–Crippen LogP) is 2.15. The van der Waals surface area contributed by atoms with Crippen LogP contribution in [-0.2, 0) is 11.2 Å². The molecular formula is C16H17NO3S. The molecule has 0 fully saturated rings. The number of benzene rings is 2. The molecule has 2 rings (SSSR count). The average molecular weight is 303 g/mol. The number of hydrogen-bond acceptors (Lipinski definition) is 3. The van der Waals surface area contributed by atoms with Gasteiger partial charge in [-0.15, -0.1) is 0 Å². The van der Waals surface area contributed by atoms with Crippen molar-refractivity contribution in [1.29, 1.82) is 0 Å². The summed E-state index contributed by atoms with van der Waals surface area (Å²) in [6.07, 6.45) is -0.101. The van der Waals surface area contributed by atoms with E-state index in [0.29, 0.717) is 21.7 Å². The van der Waals surface area contributed by atoms with E-state index in [1.807, 2.05) is 37.3 Å². The summed E-state index contributed by atoms with van der Waals surface area (Å²) in [6.45, 7) is 2.01. The zero-order valence-corrected chi connectivity index (χ0v) is 12.4. The van der Waals surface area contributed by atoms with Crippen LogP contribution >= 0.6 is 12.2 Å². The number of rotatable bonds is 4. The van der Waals surface area contributed by atoms with Crippen LogP contribution in [0.1, 0.15) is 22.3 Å². The first-order chi connectivity index (χ1) is 9.49. The maximum absolute atomic E-state index is 10.8. The number of carboxylic acids is 1. The molecule has 4 nitrogen and oxygen atoms in total. The topological polar surface area (TPSA) is 94.8 Å². The van der Waals surface area contributed by atoms with Crippen molar-refractivity contribution in [3.05, 3.63) is 64.7 Å². The first-order valence-electron chi connectivity index (χ1n) is 6.19. The fraction of sp³-hybridized carbons (Fsp3) is 0.125. The van der Waals surface area contributed by atoms with Gasteiger partial charge in [0.05, 0.1) is 11.3 Å². The summed E-state index contributed by atoms with van der Waals surface area (Å²) >= 11 is 5.46. The summed E-state index contributed by atoms with van der Waals surface area (Å²) in [4.78, 5) is 11.5. The SMILES string of the molecule is Cc1ccc(C(=S)c2cccc(CC(=O)O)c2N)cc1.O. The molecule has 110 valence electrons. The Kier molecular flexibility index (Phi) is 5.58. The van der Waals surface area contributed by atoms with Gasteiger partial charge in [-0.25, -0.2) is 0 Å². The lowest BCUT2D eigenvalue weighted by Gasteiger charge is -2.11. The van der Waals surface area contributed by atoms with Crippen molar-refractivity contribution >= 4 is 28.7 Å². The molecule has 5 N–H and O–H groups in total. The van der Waals surface area contributed by atoms with E-state index in [0.717, 1.165) is 11.1 Å². The number of carbonyl (C=O) groups is 1. The van der Waals surface area contributed by atoms with Crippen LogP contribution in [0, 0.1) is 6.92 Å². The van der Waals surface area contributed by atoms with Gasteiger partial charge in [-0.05, 0) is 18.1 Å². The van der Waals surface area contributed by atoms with Crippen molar-refractivity contribution in [3.63, 3.8) is 0 Å². The third kappa shape index (κ3) is 3.87. The minimum Gasteiger partial charge on any atom is -0.481 e. The number of anilines is 1. The molecule has 0 aliphatic rings. The molecule has 0 bridgehead atoms. The predicted molar refractivity (Wildman–Crippen MR) is 87.8 cm³/mol. The van der Waals surface area contributed by atoms with Gasteiger partial charge in [0.25, 0.3) is 0 Å². The molecule has 0 atom stereocenters. The molecule has 2 aromatic rings. The molecule has 0 heterocycles. The minimum absolute atomic E-state index is 0. The van der Waals surface area contributed by atoms with Crippen molar-refractivity contribution in [2.24, 2.45) is 0 Å². The monoisotopic (exact) mass is 303 g/mol. The first-order valence-corrected chi connectivity index (χ1v) is 6.60. The summed E-state index contributed by atoms with van der Waals surface area (Å²) in [5.41, 5.74) is 9.86. The third-order valence-corrected chi connectivity index (χ3v) is 3.55. The molecule has 0 saturated heterocycles. The lowest BCUT2D eigenvalue weighted by molar-refractivity contribution is -0.136. The van der Waals surface area contributed by atoms with Crippen LogP contribution in [0.4, 0.5) is 5.69 Å². The zero-order chi connectivity index (χ0) is 14.7. The van der Waals surface area contributed by atoms with Crippen LogP contribution in [0.25, 0.3) is 0 Å². The molecular weight excluding hydrogens is 286 g/mol. The molecule has 0 amide bonds. The Hall–Kier alpha value is -2.24. The van der Waals surface area contributed by atoms with Crippen molar-refractivity contribution in [2.45, 2.75) is 13.3 Å². The standard InChI is InChI=1S/C16H15NO2S.H2O/c1-10-5-7-11(8-6-10)16(20)13-4-2-3-12(15(13)17)9-14(18)19;/h2-8H,9,17H2,1H3,(H,18,19);1H2. The van der Waals surface area contributed by atoms with Crippen molar-refractivity contribution in [2.75, 3.05) is 5.73 Å². The van der Waals surface area contributed by atoms with Crippen LogP contribution < -0.4 is 5.73 Å². The minimum atomic E-state index is -0.907. The van der Waals surface area contributed by atoms with Gasteiger partial charge in [0, 0.05) is 11.3 Å². The van der Waals surface area contributed by atoms with E-state index in [-0.39, 0.29) is 11.9 Å². The van der Waals surface area contributed by atoms with Crippen molar-refractivity contribution in [3.8, 4) is 0 Å². The summed E-state index contributed by atoms with van der Waals surface area (Å²) in [5.74, 6) is -0.907. The Morgan fingerprint density at radius 2 is 1.81 bits per heavy atom. The van der Waals surface area contributed by atoms with Crippen LogP contribution in [0.3, 0.4) is 0 Å². The van der Waals surface area contributed by atoms with Gasteiger partial charge in [-0.3, -0.25) is 4.79 Å². The van der Waals surface area contributed by atoms with Gasteiger partial charge in [0.15, 0.2) is 0 Å². The molecule has 0 spiro atoms. The third-order valence-electron chi connectivity index (χ3n) is 3.10. The highest BCUT2D eigenvalue weighted by molar-refractivity contribution is 7.81. The molecule has 21 heavy (non-hydrogen) atoms. The van der Waals surface area contributed by atoms with E-state index in [9.17, 15) is 4.79 Å². The van der Waals surface area contributed by atoms with Crippen LogP contribution in [0.15, 0.2) is 42.5 Å². The summed E-state index contributed by atoms with van der Waals surface area (Å²) in [6, 6.07) is 13.2. The average Bonchev–Trinajstić information content (AvgIpc) is 2.41. The largest absolute Gasteiger partial charge is 0.481 e. The number of hydrogen-bond donors (Lipinski definition) is 2. The van der Waals surface area contributed by atoms with Crippen LogP contribution in [-0.4, -0.2) is 21.4 Å². The first kappa shape index (κ1) is 16.8. The van der Waals surface area contributed by atoms with Gasteiger partial charge in [0.2, 0.25) is 0 Å². The highest BCUT2D eigenvalue weighted by atomic mass is 32.1. The van der Waals surface area contributed by atoms with E-state index in [1.165, 1.54) is 0 Å². The lowest BCUT2D eigenvalue weighted by atomic mass is 9.98. The van der Waals surface area contributed by atoms with Crippen LogP contribution in [0.5, 0.6) is 0 Å². The molecule has 0 unspecified atom stereocenters. The van der Waals surface area contributed by atoms with E-state index in [4.69, 9.17) is 23.1 Å². The highest BCUT2D eigenvalue weighted by Crippen LogP contribution is 2.22. The number of para-hydroxylation sites is 1. The Bertz CT molecular complexity index is 666. The van der Waals surface area contributed by atoms with Gasteiger partial charge in [-0.1, -0.05) is 60.2 Å². The summed E-state index contributed by atoms with van der Waals surface area (Å²) < 4.78 is 0. The van der Waals surface area contributed by atoms with Gasteiger partial charge in [-0.2, -0.15) is 0 Å². The fourth-order valence-corrected chi connectivity index (χ4v) is 2.30. The van der Waals surface area contributed by atoms with Gasteiger partial charge >= 0.3 is 5.97 Å². The van der Waals surface area contributed by atoms with Crippen molar-refractivity contribution in [1.82, 2.24) is 0 Å². The Morgan fingerprint density at radius 1 is 1.19 bits per heavy atom. The smallest absolute Gasteiger partial charge is 0.307 e. The quantitative estimate of drug-likeness (QED) is 0.514. The molecule has 0 radical (unpaired) electrons. The number of aliphatic carboxylic acids is 1. The van der Waals surface area contributed by atoms with E-state index in [1.54, 1.807) is 12.1 Å². The van der Waals surface area contributed by atoms with E-state index < -0.39 is 5.97 Å². The van der Waals surface area contributed by atoms with Crippen LogP contribution in [0.2, 0.25) is 0 Å². The fourth-order valence-electron chi connectivity index (χ4n) is 1.99. The Labute approximate surface area is 128 Å². The maximum atomic E-state index is 10.8. The second-order valence-electron chi connectivity index (χ2n) is 4.64. The normalized spacial score (nSPS) is 9.76. The number of aryl methyl sites for hydroxylation is 1. The van der Waals surface area contributed by atoms with E-state index >= 15 is 0 Å². The van der Waals surface area contributed by atoms with E-state index in [2.05, 4.69) is 0 Å². The Balaban J connectivity index is 0.00000220. The molecule has 0 aliphatic heterocycles. The molecule has 0 aromatic heterocycles. The second kappa shape index (κ2) is 6.97. The molecule has 5 heteroatoms.